The molecule has 0 fully saturated rings. The van der Waals surface area contributed by atoms with Gasteiger partial charge in [-0.2, -0.15) is 0 Å². The Morgan fingerprint density at radius 2 is 2.30 bits per heavy atom. The maximum absolute atomic E-state index is 10.8. The highest BCUT2D eigenvalue weighted by atomic mass is 32.1. The third kappa shape index (κ3) is 3.56. The molecule has 0 spiro atoms. The van der Waals surface area contributed by atoms with E-state index in [9.17, 15) is 4.79 Å². The molecule has 0 aromatic heterocycles. The summed E-state index contributed by atoms with van der Waals surface area (Å²) in [6, 6.07) is 0. The summed E-state index contributed by atoms with van der Waals surface area (Å²) in [7, 11) is 0. The van der Waals surface area contributed by atoms with Crippen molar-refractivity contribution in [1.29, 1.82) is 0 Å². The van der Waals surface area contributed by atoms with Crippen LogP contribution >= 0.6 is 12.6 Å². The second-order valence-electron chi connectivity index (χ2n) is 1.96. The first-order valence-electron chi connectivity index (χ1n) is 3.14. The smallest absolute Gasteiger partial charge is 0.334 e. The van der Waals surface area contributed by atoms with Crippen molar-refractivity contribution in [2.24, 2.45) is 0 Å². The zero-order valence-corrected chi connectivity index (χ0v) is 7.15. The predicted octanol–water partition coefficient (Wildman–Crippen LogP) is 1.77. The molecule has 0 radical (unpaired) electrons. The molecule has 2 nitrogen and oxygen atoms in total. The number of rotatable bonds is 3. The van der Waals surface area contributed by atoms with Gasteiger partial charge in [0.25, 0.3) is 0 Å². The van der Waals surface area contributed by atoms with Gasteiger partial charge < -0.3 is 4.74 Å². The van der Waals surface area contributed by atoms with E-state index in [1.165, 1.54) is 0 Å². The Hall–Kier alpha value is -0.440. The first kappa shape index (κ1) is 9.56. The van der Waals surface area contributed by atoms with Crippen LogP contribution in [-0.4, -0.2) is 11.4 Å². The van der Waals surface area contributed by atoms with E-state index in [2.05, 4.69) is 19.2 Å². The number of hydrogen-bond donors (Lipinski definition) is 1. The largest absolute Gasteiger partial charge is 0.449 e. The van der Waals surface area contributed by atoms with Crippen molar-refractivity contribution in [1.82, 2.24) is 0 Å². The second-order valence-corrected chi connectivity index (χ2v) is 2.69. The van der Waals surface area contributed by atoms with Crippen molar-refractivity contribution < 1.29 is 9.53 Å². The van der Waals surface area contributed by atoms with Crippen LogP contribution in [-0.2, 0) is 9.53 Å². The van der Waals surface area contributed by atoms with E-state index < -0.39 is 0 Å². The molecular formula is C7H12O2S. The second kappa shape index (κ2) is 4.39. The van der Waals surface area contributed by atoms with E-state index >= 15 is 0 Å². The van der Waals surface area contributed by atoms with Crippen LogP contribution in [0.15, 0.2) is 12.2 Å². The molecule has 0 aromatic carbocycles. The van der Waals surface area contributed by atoms with Gasteiger partial charge in [0.05, 0.1) is 0 Å². The molecule has 0 aliphatic carbocycles. The molecule has 0 heterocycles. The molecule has 1 atom stereocenters. The molecular weight excluding hydrogens is 148 g/mol. The predicted molar refractivity (Wildman–Crippen MR) is 44.0 cm³/mol. The minimum Gasteiger partial charge on any atom is -0.449 e. The quantitative estimate of drug-likeness (QED) is 0.295. The van der Waals surface area contributed by atoms with Crippen LogP contribution in [0.3, 0.4) is 0 Å². The van der Waals surface area contributed by atoms with Crippen LogP contribution in [0.2, 0.25) is 0 Å². The lowest BCUT2D eigenvalue weighted by Gasteiger charge is -2.06. The van der Waals surface area contributed by atoms with Crippen LogP contribution in [0.4, 0.5) is 0 Å². The molecule has 10 heavy (non-hydrogen) atoms. The van der Waals surface area contributed by atoms with Crippen LogP contribution in [0.25, 0.3) is 0 Å². The summed E-state index contributed by atoms with van der Waals surface area (Å²) < 4.78 is 4.73. The molecule has 0 N–H and O–H groups in total. The molecule has 58 valence electrons. The van der Waals surface area contributed by atoms with Gasteiger partial charge in [-0.15, -0.1) is 12.6 Å². The number of ether oxygens (including phenoxy) is 1. The maximum Gasteiger partial charge on any atom is 0.334 e. The summed E-state index contributed by atoms with van der Waals surface area (Å²) in [6.45, 7) is 7.06. The molecule has 0 aromatic rings. The Morgan fingerprint density at radius 3 is 2.60 bits per heavy atom. The van der Waals surface area contributed by atoms with Gasteiger partial charge in [-0.05, 0) is 13.3 Å². The zero-order chi connectivity index (χ0) is 8.15. The number of esters is 1. The molecule has 0 amide bonds. The fourth-order valence-electron chi connectivity index (χ4n) is 0.383. The lowest BCUT2D eigenvalue weighted by molar-refractivity contribution is -0.139. The first-order chi connectivity index (χ1) is 4.57. The third-order valence-electron chi connectivity index (χ3n) is 0.993. The van der Waals surface area contributed by atoms with E-state index in [1.54, 1.807) is 6.92 Å². The molecule has 0 saturated carbocycles. The van der Waals surface area contributed by atoms with Crippen molar-refractivity contribution in [2.45, 2.75) is 25.7 Å². The average Bonchev–Trinajstić information content (AvgIpc) is 1.85. The van der Waals surface area contributed by atoms with Gasteiger partial charge in [-0.1, -0.05) is 13.5 Å². The highest BCUT2D eigenvalue weighted by Crippen LogP contribution is 2.04. The van der Waals surface area contributed by atoms with Crippen molar-refractivity contribution >= 4 is 18.6 Å². The van der Waals surface area contributed by atoms with Crippen molar-refractivity contribution in [3.05, 3.63) is 12.2 Å². The Morgan fingerprint density at radius 1 is 1.80 bits per heavy atom. The van der Waals surface area contributed by atoms with Crippen LogP contribution in [0.5, 0.6) is 0 Å². The van der Waals surface area contributed by atoms with Crippen LogP contribution in [0, 0.1) is 0 Å². The highest BCUT2D eigenvalue weighted by molar-refractivity contribution is 7.80. The normalized spacial score (nSPS) is 12.3. The van der Waals surface area contributed by atoms with Gasteiger partial charge in [0.2, 0.25) is 0 Å². The minimum absolute atomic E-state index is 0.351. The third-order valence-corrected chi connectivity index (χ3v) is 1.10. The summed E-state index contributed by atoms with van der Waals surface area (Å²) >= 11 is 3.89. The van der Waals surface area contributed by atoms with E-state index in [4.69, 9.17) is 4.74 Å². The van der Waals surface area contributed by atoms with E-state index in [0.29, 0.717) is 12.0 Å². The van der Waals surface area contributed by atoms with Crippen molar-refractivity contribution in [3.8, 4) is 0 Å². The van der Waals surface area contributed by atoms with E-state index in [1.807, 2.05) is 6.92 Å². The van der Waals surface area contributed by atoms with Crippen molar-refractivity contribution in [3.63, 3.8) is 0 Å². The number of thiol groups is 1. The van der Waals surface area contributed by atoms with Gasteiger partial charge in [0, 0.05) is 5.57 Å². The number of carbonyl (C=O) groups excluding carboxylic acids is 1. The van der Waals surface area contributed by atoms with Crippen LogP contribution in [0.1, 0.15) is 20.3 Å². The number of carbonyl (C=O) groups is 1. The summed E-state index contributed by atoms with van der Waals surface area (Å²) in [5.41, 5.74) is 0.136. The van der Waals surface area contributed by atoms with Gasteiger partial charge >= 0.3 is 5.97 Å². The lowest BCUT2D eigenvalue weighted by Crippen LogP contribution is -2.10. The molecule has 0 saturated heterocycles. The summed E-state index contributed by atoms with van der Waals surface area (Å²) in [5, 5.41) is 0. The first-order valence-corrected chi connectivity index (χ1v) is 3.66. The topological polar surface area (TPSA) is 26.3 Å². The highest BCUT2D eigenvalue weighted by Gasteiger charge is 2.07. The van der Waals surface area contributed by atoms with Crippen molar-refractivity contribution in [2.75, 3.05) is 0 Å². The van der Waals surface area contributed by atoms with Gasteiger partial charge in [-0.25, -0.2) is 4.79 Å². The molecule has 0 rings (SSSR count). The van der Waals surface area contributed by atoms with Gasteiger partial charge in [0.1, 0.15) is 5.44 Å². The molecule has 0 aliphatic heterocycles. The fraction of sp³-hybridized carbons (Fsp3) is 0.571. The molecule has 0 aliphatic rings. The van der Waals surface area contributed by atoms with Crippen LogP contribution < -0.4 is 0 Å². The minimum atomic E-state index is -0.356. The maximum atomic E-state index is 10.8. The Labute approximate surface area is 66.7 Å². The number of hydrogen-bond acceptors (Lipinski definition) is 3. The molecule has 1 unspecified atom stereocenters. The van der Waals surface area contributed by atoms with E-state index in [-0.39, 0.29) is 11.4 Å². The monoisotopic (exact) mass is 160 g/mol. The lowest BCUT2D eigenvalue weighted by atomic mass is 10.2. The van der Waals surface area contributed by atoms with Gasteiger partial charge in [-0.3, -0.25) is 0 Å². The molecule has 0 bridgehead atoms. The van der Waals surface area contributed by atoms with Gasteiger partial charge in [0.15, 0.2) is 0 Å². The average molecular weight is 160 g/mol. The Bertz CT molecular complexity index is 141. The zero-order valence-electron chi connectivity index (χ0n) is 6.26. The standard InChI is InChI=1S/C7H12O2S/c1-4-5(2)7(8)9-6(3)10/h6,10H,2,4H2,1,3H3. The fourth-order valence-corrected chi connectivity index (χ4v) is 0.478. The van der Waals surface area contributed by atoms with E-state index in [0.717, 1.165) is 0 Å². The SMILES string of the molecule is C=C(CC)C(=O)OC(C)S. The Kier molecular flexibility index (Phi) is 4.19. The summed E-state index contributed by atoms with van der Waals surface area (Å²) in [6.07, 6.45) is 0.624. The summed E-state index contributed by atoms with van der Waals surface area (Å²) in [4.78, 5) is 10.8. The molecule has 3 heteroatoms. The summed E-state index contributed by atoms with van der Waals surface area (Å²) in [5.74, 6) is -0.356. The Balaban J connectivity index is 3.74.